The highest BCUT2D eigenvalue weighted by Gasteiger charge is 2.54. The molecule has 1 fully saturated rings. The molecule has 6 N–H and O–H groups in total. The van der Waals surface area contributed by atoms with Crippen LogP contribution in [0.15, 0.2) is 54.6 Å². The van der Waals surface area contributed by atoms with Crippen molar-refractivity contribution in [3.8, 4) is 0 Å². The van der Waals surface area contributed by atoms with Crippen molar-refractivity contribution >= 4 is 47.4 Å². The Balaban J connectivity index is 1.86. The van der Waals surface area contributed by atoms with Crippen molar-refractivity contribution in [3.05, 3.63) is 65.7 Å². The first-order valence-corrected chi connectivity index (χ1v) is 14.9. The van der Waals surface area contributed by atoms with E-state index in [4.69, 9.17) is 0 Å². The molecule has 0 saturated carbocycles. The van der Waals surface area contributed by atoms with Gasteiger partial charge in [-0.2, -0.15) is 0 Å². The van der Waals surface area contributed by atoms with E-state index >= 15 is 0 Å². The van der Waals surface area contributed by atoms with Gasteiger partial charge in [0.05, 0.1) is 6.42 Å². The summed E-state index contributed by atoms with van der Waals surface area (Å²) in [4.78, 5) is 91.9. The number of carboxylic acids is 2. The number of imide groups is 1. The minimum Gasteiger partial charge on any atom is -0.481 e. The minimum absolute atomic E-state index is 0.00370. The Bertz CT molecular complexity index is 1510. The molecule has 7 amide bonds. The van der Waals surface area contributed by atoms with Crippen LogP contribution in [-0.4, -0.2) is 86.4 Å². The number of aliphatic carboxylic acids is 2. The smallest absolute Gasteiger partial charge is 0.330 e. The summed E-state index contributed by atoms with van der Waals surface area (Å²) in [7, 11) is 1.47. The van der Waals surface area contributed by atoms with Crippen molar-refractivity contribution < 1.29 is 43.8 Å². The average Bonchev–Trinajstić information content (AvgIpc) is 3.17. The van der Waals surface area contributed by atoms with Crippen molar-refractivity contribution in [3.63, 3.8) is 0 Å². The number of urea groups is 2. The summed E-state index contributed by atoms with van der Waals surface area (Å²) in [5, 5.41) is 28.9. The van der Waals surface area contributed by atoms with E-state index in [2.05, 4.69) is 21.3 Å². The molecule has 0 radical (unpaired) electrons. The summed E-state index contributed by atoms with van der Waals surface area (Å²) < 4.78 is 0. The summed E-state index contributed by atoms with van der Waals surface area (Å²) in [6.07, 6.45) is -0.895. The Morgan fingerprint density at radius 2 is 1.49 bits per heavy atom. The van der Waals surface area contributed by atoms with Gasteiger partial charge in [0, 0.05) is 19.3 Å². The predicted molar refractivity (Wildman–Crippen MR) is 169 cm³/mol. The molecular weight excluding hydrogens is 612 g/mol. The molecule has 1 aliphatic rings. The van der Waals surface area contributed by atoms with Crippen LogP contribution in [0.1, 0.15) is 57.7 Å². The maximum Gasteiger partial charge on any atom is 0.330 e. The Labute approximate surface area is 271 Å². The summed E-state index contributed by atoms with van der Waals surface area (Å²) in [6.45, 7) is 6.60. The molecule has 1 heterocycles. The highest BCUT2D eigenvalue weighted by Crippen LogP contribution is 2.33. The van der Waals surface area contributed by atoms with Gasteiger partial charge in [-0.1, -0.05) is 56.3 Å². The number of carbonyl (C=O) groups is 7. The number of nitrogens with zero attached hydrogens (tertiary/aromatic N) is 2. The Hall–Kier alpha value is -5.47. The SMILES string of the molecule is CNC(=O)Nc1ccc(CN2C(=O)N([C@@H](CC(C)C)C(=O)N[C@@H](CC(=O)O)C(=O)N[C@H](C(=O)O)c3ccccc3)C(=O)C2(C)C)cc1. The number of anilines is 1. The fourth-order valence-corrected chi connectivity index (χ4v) is 5.08. The highest BCUT2D eigenvalue weighted by molar-refractivity contribution is 6.09. The molecular formula is C32H40N6O9. The Kier molecular flexibility index (Phi) is 11.7. The van der Waals surface area contributed by atoms with Crippen LogP contribution in [0.25, 0.3) is 0 Å². The molecule has 1 saturated heterocycles. The molecule has 252 valence electrons. The number of hydrogen-bond acceptors (Lipinski definition) is 7. The van der Waals surface area contributed by atoms with Gasteiger partial charge in [0.1, 0.15) is 17.6 Å². The van der Waals surface area contributed by atoms with Gasteiger partial charge in [-0.05, 0) is 49.4 Å². The standard InChI is InChI=1S/C32H40N6O9/c1-18(2)15-23(27(42)35-22(16-24(39)40)26(41)36-25(28(43)44)20-9-7-6-8-10-20)38-29(45)32(3,4)37(31(38)47)17-19-11-13-21(14-12-19)34-30(46)33-5/h6-14,18,22-23,25H,15-17H2,1-5H3,(H,35,42)(H,36,41)(H,39,40)(H,43,44)(H2,33,34,46)/t22-,23-,25-/m0/s1. The second-order valence-corrected chi connectivity index (χ2v) is 12.0. The normalized spacial score (nSPS) is 15.9. The zero-order valence-corrected chi connectivity index (χ0v) is 26.8. The molecule has 0 aromatic heterocycles. The van der Waals surface area contributed by atoms with Crippen molar-refractivity contribution in [2.24, 2.45) is 5.92 Å². The lowest BCUT2D eigenvalue weighted by atomic mass is 9.98. The zero-order valence-electron chi connectivity index (χ0n) is 26.8. The van der Waals surface area contributed by atoms with Gasteiger partial charge in [0.2, 0.25) is 11.8 Å². The van der Waals surface area contributed by atoms with Gasteiger partial charge < -0.3 is 36.4 Å². The van der Waals surface area contributed by atoms with E-state index in [-0.39, 0.29) is 24.4 Å². The number of carboxylic acid groups (broad SMARTS) is 2. The van der Waals surface area contributed by atoms with Gasteiger partial charge in [-0.3, -0.25) is 19.2 Å². The first-order valence-electron chi connectivity index (χ1n) is 14.9. The molecule has 1 aliphatic heterocycles. The van der Waals surface area contributed by atoms with E-state index in [9.17, 15) is 43.8 Å². The third-order valence-corrected chi connectivity index (χ3v) is 7.62. The molecule has 2 aromatic rings. The van der Waals surface area contributed by atoms with Crippen LogP contribution in [-0.2, 0) is 30.5 Å². The van der Waals surface area contributed by atoms with Crippen LogP contribution >= 0.6 is 0 Å². The maximum absolute atomic E-state index is 13.8. The quantitative estimate of drug-likeness (QED) is 0.165. The third kappa shape index (κ3) is 8.83. The highest BCUT2D eigenvalue weighted by atomic mass is 16.4. The predicted octanol–water partition coefficient (Wildman–Crippen LogP) is 2.30. The number of carbonyl (C=O) groups excluding carboxylic acids is 5. The molecule has 47 heavy (non-hydrogen) atoms. The maximum atomic E-state index is 13.8. The van der Waals surface area contributed by atoms with Gasteiger partial charge in [-0.15, -0.1) is 0 Å². The molecule has 0 aliphatic carbocycles. The number of amides is 7. The first-order chi connectivity index (χ1) is 22.1. The first kappa shape index (κ1) is 36.0. The lowest BCUT2D eigenvalue weighted by Crippen LogP contribution is -2.56. The average molecular weight is 653 g/mol. The third-order valence-electron chi connectivity index (χ3n) is 7.62. The molecule has 0 bridgehead atoms. The summed E-state index contributed by atoms with van der Waals surface area (Å²) in [6, 6.07) is 8.50. The Morgan fingerprint density at radius 3 is 2.02 bits per heavy atom. The van der Waals surface area contributed by atoms with E-state index in [1.807, 2.05) is 0 Å². The second-order valence-electron chi connectivity index (χ2n) is 12.0. The molecule has 0 spiro atoms. The summed E-state index contributed by atoms with van der Waals surface area (Å²) in [5.41, 5.74) is -0.0179. The van der Waals surface area contributed by atoms with E-state index < -0.39 is 71.8 Å². The van der Waals surface area contributed by atoms with Crippen molar-refractivity contribution in [2.75, 3.05) is 12.4 Å². The van der Waals surface area contributed by atoms with Crippen molar-refractivity contribution in [1.82, 2.24) is 25.8 Å². The Morgan fingerprint density at radius 1 is 0.872 bits per heavy atom. The molecule has 15 nitrogen and oxygen atoms in total. The minimum atomic E-state index is -1.72. The fourth-order valence-electron chi connectivity index (χ4n) is 5.08. The molecule has 15 heteroatoms. The van der Waals surface area contributed by atoms with Gasteiger partial charge in [0.15, 0.2) is 6.04 Å². The van der Waals surface area contributed by atoms with Crippen LogP contribution < -0.4 is 21.3 Å². The number of benzene rings is 2. The molecule has 0 unspecified atom stereocenters. The lowest BCUT2D eigenvalue weighted by Gasteiger charge is -2.29. The summed E-state index contributed by atoms with van der Waals surface area (Å²) in [5.74, 6) is -5.77. The number of nitrogens with one attached hydrogen (secondary N) is 4. The van der Waals surface area contributed by atoms with Gasteiger partial charge >= 0.3 is 24.0 Å². The monoisotopic (exact) mass is 652 g/mol. The molecule has 3 atom stereocenters. The van der Waals surface area contributed by atoms with Gasteiger partial charge in [0.25, 0.3) is 5.91 Å². The largest absolute Gasteiger partial charge is 0.481 e. The van der Waals surface area contributed by atoms with E-state index in [1.165, 1.54) is 37.9 Å². The molecule has 2 aromatic carbocycles. The van der Waals surface area contributed by atoms with Gasteiger partial charge in [-0.25, -0.2) is 19.3 Å². The van der Waals surface area contributed by atoms with Crippen molar-refractivity contribution in [2.45, 2.75) is 70.7 Å². The van der Waals surface area contributed by atoms with Crippen LogP contribution in [0.3, 0.4) is 0 Å². The van der Waals surface area contributed by atoms with E-state index in [0.29, 0.717) is 11.3 Å². The molecule has 3 rings (SSSR count). The van der Waals surface area contributed by atoms with Crippen LogP contribution in [0.5, 0.6) is 0 Å². The lowest BCUT2D eigenvalue weighted by molar-refractivity contribution is -0.144. The van der Waals surface area contributed by atoms with Crippen LogP contribution in [0.4, 0.5) is 15.3 Å². The number of rotatable bonds is 14. The topological polar surface area (TPSA) is 215 Å². The van der Waals surface area contributed by atoms with E-state index in [0.717, 1.165) is 4.90 Å². The second kappa shape index (κ2) is 15.2. The zero-order chi connectivity index (χ0) is 35.1. The van der Waals surface area contributed by atoms with Crippen molar-refractivity contribution in [1.29, 1.82) is 0 Å². The fraction of sp³-hybridized carbons (Fsp3) is 0.406. The van der Waals surface area contributed by atoms with Crippen LogP contribution in [0.2, 0.25) is 0 Å². The van der Waals surface area contributed by atoms with Crippen LogP contribution in [0, 0.1) is 5.92 Å². The van der Waals surface area contributed by atoms with E-state index in [1.54, 1.807) is 56.3 Å². The number of hydrogen-bond donors (Lipinski definition) is 6. The summed E-state index contributed by atoms with van der Waals surface area (Å²) >= 11 is 0.